The second kappa shape index (κ2) is 5.14. The summed E-state index contributed by atoms with van der Waals surface area (Å²) in [5, 5.41) is 0. The number of ether oxygens (including phenoxy) is 1. The van der Waals surface area contributed by atoms with E-state index >= 15 is 0 Å². The minimum Gasteiger partial charge on any atom is -0.488 e. The van der Waals surface area contributed by atoms with Crippen LogP contribution in [0.5, 0.6) is 5.75 Å². The first-order valence-corrected chi connectivity index (χ1v) is 7.99. The number of rotatable bonds is 2. The smallest absolute Gasteiger partial charge is 0.279 e. The molecule has 1 aliphatic carbocycles. The normalized spacial score (nSPS) is 15.3. The number of benzene rings is 1. The van der Waals surface area contributed by atoms with Crippen LogP contribution in [0.2, 0.25) is 0 Å². The van der Waals surface area contributed by atoms with Crippen LogP contribution in [0.1, 0.15) is 28.1 Å². The van der Waals surface area contributed by atoms with Gasteiger partial charge < -0.3 is 4.74 Å². The molecule has 112 valence electrons. The molecule has 2 aromatic rings. The topological polar surface area (TPSA) is 67.4 Å². The predicted octanol–water partition coefficient (Wildman–Crippen LogP) is 2.48. The van der Waals surface area contributed by atoms with Crippen molar-refractivity contribution in [2.75, 3.05) is 0 Å². The SMILES string of the molecule is O=C(NNC(=O)C1CC1)c1cc2c(s1)-c1ccccc1OC2. The van der Waals surface area contributed by atoms with E-state index in [1.807, 2.05) is 30.3 Å². The highest BCUT2D eigenvalue weighted by atomic mass is 32.1. The van der Waals surface area contributed by atoms with Gasteiger partial charge in [0.2, 0.25) is 5.91 Å². The summed E-state index contributed by atoms with van der Waals surface area (Å²) >= 11 is 1.42. The fraction of sp³-hybridized carbons (Fsp3) is 0.250. The highest BCUT2D eigenvalue weighted by molar-refractivity contribution is 7.17. The quantitative estimate of drug-likeness (QED) is 0.837. The molecule has 2 amide bonds. The number of carbonyl (C=O) groups excluding carboxylic acids is 2. The van der Waals surface area contributed by atoms with Gasteiger partial charge in [0.05, 0.1) is 4.88 Å². The molecule has 0 bridgehead atoms. The van der Waals surface area contributed by atoms with Gasteiger partial charge in [-0.15, -0.1) is 11.3 Å². The summed E-state index contributed by atoms with van der Waals surface area (Å²) in [5.74, 6) is 0.511. The lowest BCUT2D eigenvalue weighted by molar-refractivity contribution is -0.123. The number of fused-ring (bicyclic) bond motifs is 3. The van der Waals surface area contributed by atoms with Gasteiger partial charge in [-0.25, -0.2) is 0 Å². The monoisotopic (exact) mass is 314 g/mol. The Morgan fingerprint density at radius 1 is 1.18 bits per heavy atom. The van der Waals surface area contributed by atoms with Crippen LogP contribution >= 0.6 is 11.3 Å². The Labute approximate surface area is 131 Å². The van der Waals surface area contributed by atoms with Gasteiger partial charge in [0.1, 0.15) is 12.4 Å². The van der Waals surface area contributed by atoms with Crippen molar-refractivity contribution in [2.24, 2.45) is 5.92 Å². The lowest BCUT2D eigenvalue weighted by Crippen LogP contribution is -2.42. The molecule has 0 radical (unpaired) electrons. The summed E-state index contributed by atoms with van der Waals surface area (Å²) in [4.78, 5) is 25.3. The maximum atomic E-state index is 12.2. The number of carbonyl (C=O) groups is 2. The van der Waals surface area contributed by atoms with Gasteiger partial charge in [-0.05, 0) is 31.0 Å². The molecule has 0 unspecified atom stereocenters. The summed E-state index contributed by atoms with van der Waals surface area (Å²) in [6.07, 6.45) is 1.81. The van der Waals surface area contributed by atoms with E-state index in [-0.39, 0.29) is 17.7 Å². The molecule has 5 nitrogen and oxygen atoms in total. The van der Waals surface area contributed by atoms with Crippen molar-refractivity contribution >= 4 is 23.2 Å². The molecule has 2 heterocycles. The van der Waals surface area contributed by atoms with Gasteiger partial charge in [-0.1, -0.05) is 12.1 Å². The third-order valence-electron chi connectivity index (χ3n) is 3.80. The first kappa shape index (κ1) is 13.3. The van der Waals surface area contributed by atoms with Crippen molar-refractivity contribution in [3.63, 3.8) is 0 Å². The zero-order chi connectivity index (χ0) is 15.1. The van der Waals surface area contributed by atoms with E-state index in [9.17, 15) is 9.59 Å². The van der Waals surface area contributed by atoms with E-state index < -0.39 is 0 Å². The molecule has 0 atom stereocenters. The molecule has 1 aromatic carbocycles. The Balaban J connectivity index is 1.54. The number of hydrogen-bond acceptors (Lipinski definition) is 4. The van der Waals surface area contributed by atoms with Gasteiger partial charge in [0.15, 0.2) is 0 Å². The van der Waals surface area contributed by atoms with Crippen molar-refractivity contribution in [3.05, 3.63) is 40.8 Å². The van der Waals surface area contributed by atoms with Crippen LogP contribution in [-0.2, 0) is 11.4 Å². The number of amides is 2. The van der Waals surface area contributed by atoms with E-state index in [0.29, 0.717) is 11.5 Å². The van der Waals surface area contributed by atoms with E-state index in [0.717, 1.165) is 34.6 Å². The molecular formula is C16H14N2O3S. The first-order valence-electron chi connectivity index (χ1n) is 7.17. The average molecular weight is 314 g/mol. The van der Waals surface area contributed by atoms with E-state index in [1.54, 1.807) is 0 Å². The van der Waals surface area contributed by atoms with Crippen molar-refractivity contribution < 1.29 is 14.3 Å². The Morgan fingerprint density at radius 3 is 2.82 bits per heavy atom. The van der Waals surface area contributed by atoms with Crippen molar-refractivity contribution in [1.29, 1.82) is 0 Å². The van der Waals surface area contributed by atoms with Crippen molar-refractivity contribution in [1.82, 2.24) is 10.9 Å². The van der Waals surface area contributed by atoms with Gasteiger partial charge in [-0.2, -0.15) is 0 Å². The molecule has 1 fully saturated rings. The third kappa shape index (κ3) is 2.35. The molecule has 4 rings (SSSR count). The van der Waals surface area contributed by atoms with Crippen LogP contribution in [0.4, 0.5) is 0 Å². The number of hydrogen-bond donors (Lipinski definition) is 2. The summed E-state index contributed by atoms with van der Waals surface area (Å²) in [6, 6.07) is 9.62. The molecule has 1 aliphatic heterocycles. The lowest BCUT2D eigenvalue weighted by atomic mass is 10.1. The highest BCUT2D eigenvalue weighted by Crippen LogP contribution is 2.42. The Morgan fingerprint density at radius 2 is 2.00 bits per heavy atom. The Kier molecular flexibility index (Phi) is 3.11. The largest absolute Gasteiger partial charge is 0.488 e. The molecule has 6 heteroatoms. The third-order valence-corrected chi connectivity index (χ3v) is 5.00. The van der Waals surface area contributed by atoms with E-state index in [2.05, 4.69) is 10.9 Å². The van der Waals surface area contributed by atoms with Crippen LogP contribution < -0.4 is 15.6 Å². The molecule has 1 saturated carbocycles. The summed E-state index contributed by atoms with van der Waals surface area (Å²) in [6.45, 7) is 0.463. The summed E-state index contributed by atoms with van der Waals surface area (Å²) in [7, 11) is 0. The number of nitrogens with one attached hydrogen (secondary N) is 2. The maximum Gasteiger partial charge on any atom is 0.279 e. The fourth-order valence-electron chi connectivity index (χ4n) is 2.44. The Hall–Kier alpha value is -2.34. The summed E-state index contributed by atoms with van der Waals surface area (Å²) < 4.78 is 5.69. The predicted molar refractivity (Wildman–Crippen MR) is 82.4 cm³/mol. The average Bonchev–Trinajstić information content (AvgIpc) is 3.30. The number of hydrazine groups is 1. The molecule has 2 N–H and O–H groups in total. The maximum absolute atomic E-state index is 12.2. The minimum atomic E-state index is -0.286. The van der Waals surface area contributed by atoms with Crippen LogP contribution in [-0.4, -0.2) is 11.8 Å². The fourth-order valence-corrected chi connectivity index (χ4v) is 3.53. The second-order valence-corrected chi connectivity index (χ2v) is 6.52. The van der Waals surface area contributed by atoms with Crippen LogP contribution in [0.15, 0.2) is 30.3 Å². The highest BCUT2D eigenvalue weighted by Gasteiger charge is 2.30. The van der Waals surface area contributed by atoms with Crippen LogP contribution in [0.3, 0.4) is 0 Å². The standard InChI is InChI=1S/C16H14N2O3S/c19-15(9-5-6-9)17-18-16(20)13-7-10-8-21-12-4-2-1-3-11(12)14(10)22-13/h1-4,7,9H,5-6,8H2,(H,17,19)(H,18,20). The van der Waals surface area contributed by atoms with Crippen LogP contribution in [0.25, 0.3) is 10.4 Å². The molecule has 22 heavy (non-hydrogen) atoms. The molecular weight excluding hydrogens is 300 g/mol. The zero-order valence-corrected chi connectivity index (χ0v) is 12.5. The summed E-state index contributed by atoms with van der Waals surface area (Å²) in [5.41, 5.74) is 6.97. The zero-order valence-electron chi connectivity index (χ0n) is 11.7. The van der Waals surface area contributed by atoms with Gasteiger partial charge in [-0.3, -0.25) is 20.4 Å². The number of thiophene rings is 1. The second-order valence-electron chi connectivity index (χ2n) is 5.47. The van der Waals surface area contributed by atoms with E-state index in [1.165, 1.54) is 11.3 Å². The van der Waals surface area contributed by atoms with Gasteiger partial charge >= 0.3 is 0 Å². The van der Waals surface area contributed by atoms with Crippen LogP contribution in [0, 0.1) is 5.92 Å². The molecule has 2 aliphatic rings. The molecule has 0 saturated heterocycles. The first-order chi connectivity index (χ1) is 10.7. The Bertz CT molecular complexity index is 765. The van der Waals surface area contributed by atoms with Crippen molar-refractivity contribution in [2.45, 2.75) is 19.4 Å². The lowest BCUT2D eigenvalue weighted by Gasteiger charge is -2.16. The van der Waals surface area contributed by atoms with E-state index in [4.69, 9.17) is 4.74 Å². The minimum absolute atomic E-state index is 0.0668. The molecule has 0 spiro atoms. The van der Waals surface area contributed by atoms with Gasteiger partial charge in [0, 0.05) is 21.9 Å². The van der Waals surface area contributed by atoms with Crippen molar-refractivity contribution in [3.8, 4) is 16.2 Å². The molecule has 1 aromatic heterocycles. The number of para-hydroxylation sites is 1. The van der Waals surface area contributed by atoms with Gasteiger partial charge in [0.25, 0.3) is 5.91 Å².